The second kappa shape index (κ2) is 7.97. The maximum absolute atomic E-state index is 12.3. The number of rotatable bonds is 6. The number of hydrogen-bond acceptors (Lipinski definition) is 4. The van der Waals surface area contributed by atoms with Gasteiger partial charge in [0.1, 0.15) is 5.75 Å². The van der Waals surface area contributed by atoms with Crippen molar-refractivity contribution in [1.82, 2.24) is 4.90 Å². The van der Waals surface area contributed by atoms with Crippen LogP contribution in [-0.2, 0) is 9.59 Å². The van der Waals surface area contributed by atoms with Gasteiger partial charge in [0.25, 0.3) is 0 Å². The highest BCUT2D eigenvalue weighted by Gasteiger charge is 2.21. The van der Waals surface area contributed by atoms with Crippen molar-refractivity contribution >= 4 is 23.2 Å². The van der Waals surface area contributed by atoms with E-state index in [9.17, 15) is 9.59 Å². The molecule has 1 saturated carbocycles. The lowest BCUT2D eigenvalue weighted by atomic mass is 10.2. The van der Waals surface area contributed by atoms with E-state index in [1.165, 1.54) is 19.8 Å². The lowest BCUT2D eigenvalue weighted by molar-refractivity contribution is -0.117. The van der Waals surface area contributed by atoms with Crippen molar-refractivity contribution in [1.29, 1.82) is 0 Å². The average molecular weight is 319 g/mol. The van der Waals surface area contributed by atoms with Gasteiger partial charge in [0.15, 0.2) is 0 Å². The van der Waals surface area contributed by atoms with E-state index < -0.39 is 0 Å². The molecule has 1 aliphatic carbocycles. The van der Waals surface area contributed by atoms with Gasteiger partial charge in [-0.15, -0.1) is 0 Å². The molecule has 1 aliphatic rings. The van der Waals surface area contributed by atoms with Crippen LogP contribution < -0.4 is 15.4 Å². The zero-order valence-corrected chi connectivity index (χ0v) is 14.0. The maximum Gasteiger partial charge on any atom is 0.238 e. The minimum atomic E-state index is -0.159. The Labute approximate surface area is 137 Å². The van der Waals surface area contributed by atoms with Gasteiger partial charge in [-0.2, -0.15) is 0 Å². The van der Waals surface area contributed by atoms with Crippen molar-refractivity contribution in [2.75, 3.05) is 31.3 Å². The molecule has 0 unspecified atom stereocenters. The number of benzene rings is 1. The first-order valence-electron chi connectivity index (χ1n) is 7.95. The summed E-state index contributed by atoms with van der Waals surface area (Å²) in [6, 6.07) is 5.66. The molecule has 2 amide bonds. The Morgan fingerprint density at radius 3 is 2.57 bits per heavy atom. The van der Waals surface area contributed by atoms with Crippen molar-refractivity contribution in [2.24, 2.45) is 0 Å². The van der Waals surface area contributed by atoms with E-state index in [0.29, 0.717) is 29.7 Å². The van der Waals surface area contributed by atoms with Crippen LogP contribution in [0.2, 0.25) is 0 Å². The second-order valence-electron chi connectivity index (χ2n) is 6.00. The first-order valence-corrected chi connectivity index (χ1v) is 7.95. The number of likely N-dealkylation sites (N-methyl/N-ethyl adjacent to an activating group) is 1. The Morgan fingerprint density at radius 2 is 1.96 bits per heavy atom. The molecule has 2 N–H and O–H groups in total. The molecule has 0 atom stereocenters. The Kier molecular flexibility index (Phi) is 5.98. The third kappa shape index (κ3) is 4.96. The lowest BCUT2D eigenvalue weighted by Crippen LogP contribution is -2.36. The highest BCUT2D eigenvalue weighted by molar-refractivity contribution is 5.95. The standard InChI is InChI=1S/C17H25N3O3/c1-12(21)18-13-8-9-16(23-3)15(10-13)19-17(22)11-20(2)14-6-4-5-7-14/h8-10,14H,4-7,11H2,1-3H3,(H,18,21)(H,19,22). The highest BCUT2D eigenvalue weighted by atomic mass is 16.5. The summed E-state index contributed by atoms with van der Waals surface area (Å²) < 4.78 is 5.27. The smallest absolute Gasteiger partial charge is 0.238 e. The summed E-state index contributed by atoms with van der Waals surface area (Å²) in [7, 11) is 3.54. The molecular weight excluding hydrogens is 294 g/mol. The zero-order chi connectivity index (χ0) is 16.8. The monoisotopic (exact) mass is 319 g/mol. The van der Waals surface area contributed by atoms with E-state index in [1.807, 2.05) is 7.05 Å². The van der Waals surface area contributed by atoms with Crippen LogP contribution in [-0.4, -0.2) is 43.5 Å². The van der Waals surface area contributed by atoms with Gasteiger partial charge in [-0.3, -0.25) is 14.5 Å². The fourth-order valence-corrected chi connectivity index (χ4v) is 2.98. The molecule has 0 bridgehead atoms. The first kappa shape index (κ1) is 17.3. The van der Waals surface area contributed by atoms with E-state index >= 15 is 0 Å². The van der Waals surface area contributed by atoms with E-state index in [2.05, 4.69) is 15.5 Å². The fraction of sp³-hybridized carbons (Fsp3) is 0.529. The molecule has 1 fully saturated rings. The van der Waals surface area contributed by atoms with Crippen LogP contribution in [0.15, 0.2) is 18.2 Å². The lowest BCUT2D eigenvalue weighted by Gasteiger charge is -2.23. The number of nitrogens with zero attached hydrogens (tertiary/aromatic N) is 1. The molecule has 0 radical (unpaired) electrons. The summed E-state index contributed by atoms with van der Waals surface area (Å²) in [5, 5.41) is 5.57. The van der Waals surface area contributed by atoms with Gasteiger partial charge < -0.3 is 15.4 Å². The Balaban J connectivity index is 2.01. The summed E-state index contributed by atoms with van der Waals surface area (Å²) in [4.78, 5) is 25.5. The summed E-state index contributed by atoms with van der Waals surface area (Å²) in [6.45, 7) is 1.79. The number of methoxy groups -OCH3 is 1. The predicted molar refractivity (Wildman–Crippen MR) is 90.8 cm³/mol. The maximum atomic E-state index is 12.3. The van der Waals surface area contributed by atoms with E-state index in [0.717, 1.165) is 12.8 Å². The Bertz CT molecular complexity index is 568. The number of nitrogens with one attached hydrogen (secondary N) is 2. The molecule has 0 heterocycles. The first-order chi connectivity index (χ1) is 11.0. The van der Waals surface area contributed by atoms with Crippen molar-refractivity contribution < 1.29 is 14.3 Å². The van der Waals surface area contributed by atoms with Gasteiger partial charge in [-0.1, -0.05) is 12.8 Å². The molecule has 2 rings (SSSR count). The van der Waals surface area contributed by atoms with Crippen LogP contribution in [0.25, 0.3) is 0 Å². The summed E-state index contributed by atoms with van der Waals surface area (Å²) >= 11 is 0. The van der Waals surface area contributed by atoms with Crippen LogP contribution in [0, 0.1) is 0 Å². The molecule has 1 aromatic rings. The van der Waals surface area contributed by atoms with Crippen molar-refractivity contribution in [3.8, 4) is 5.75 Å². The Morgan fingerprint density at radius 1 is 1.26 bits per heavy atom. The van der Waals surface area contributed by atoms with Crippen molar-refractivity contribution in [3.63, 3.8) is 0 Å². The summed E-state index contributed by atoms with van der Waals surface area (Å²) in [5.41, 5.74) is 1.18. The van der Waals surface area contributed by atoms with Gasteiger partial charge in [0.05, 0.1) is 19.3 Å². The number of amides is 2. The van der Waals surface area contributed by atoms with E-state index in [1.54, 1.807) is 25.3 Å². The molecule has 6 heteroatoms. The fourth-order valence-electron chi connectivity index (χ4n) is 2.98. The van der Waals surface area contributed by atoms with Gasteiger partial charge in [0, 0.05) is 18.7 Å². The number of carbonyl (C=O) groups excluding carboxylic acids is 2. The molecule has 0 aromatic heterocycles. The molecular formula is C17H25N3O3. The molecule has 0 saturated heterocycles. The minimum Gasteiger partial charge on any atom is -0.495 e. The highest BCUT2D eigenvalue weighted by Crippen LogP contribution is 2.28. The normalized spacial score (nSPS) is 14.8. The van der Waals surface area contributed by atoms with E-state index in [-0.39, 0.29) is 11.8 Å². The Hall–Kier alpha value is -2.08. The number of anilines is 2. The van der Waals surface area contributed by atoms with Gasteiger partial charge >= 0.3 is 0 Å². The van der Waals surface area contributed by atoms with Crippen LogP contribution in [0.4, 0.5) is 11.4 Å². The predicted octanol–water partition coefficient (Wildman–Crippen LogP) is 2.47. The molecule has 126 valence electrons. The van der Waals surface area contributed by atoms with Crippen molar-refractivity contribution in [2.45, 2.75) is 38.6 Å². The third-order valence-corrected chi connectivity index (χ3v) is 4.13. The topological polar surface area (TPSA) is 70.7 Å². The minimum absolute atomic E-state index is 0.0855. The molecule has 6 nitrogen and oxygen atoms in total. The second-order valence-corrected chi connectivity index (χ2v) is 6.00. The quantitative estimate of drug-likeness (QED) is 0.845. The average Bonchev–Trinajstić information content (AvgIpc) is 3.01. The van der Waals surface area contributed by atoms with Gasteiger partial charge in [-0.05, 0) is 38.1 Å². The van der Waals surface area contributed by atoms with Crippen LogP contribution in [0.5, 0.6) is 5.75 Å². The molecule has 0 spiro atoms. The summed E-state index contributed by atoms with van der Waals surface area (Å²) in [5.74, 6) is 0.321. The number of hydrogen-bond donors (Lipinski definition) is 2. The molecule has 1 aromatic carbocycles. The molecule has 23 heavy (non-hydrogen) atoms. The number of ether oxygens (including phenoxy) is 1. The van der Waals surface area contributed by atoms with Crippen LogP contribution in [0.1, 0.15) is 32.6 Å². The largest absolute Gasteiger partial charge is 0.495 e. The van der Waals surface area contributed by atoms with Gasteiger partial charge in [0.2, 0.25) is 11.8 Å². The van der Waals surface area contributed by atoms with Crippen molar-refractivity contribution in [3.05, 3.63) is 18.2 Å². The third-order valence-electron chi connectivity index (χ3n) is 4.13. The van der Waals surface area contributed by atoms with Crippen LogP contribution >= 0.6 is 0 Å². The van der Waals surface area contributed by atoms with Crippen LogP contribution in [0.3, 0.4) is 0 Å². The van der Waals surface area contributed by atoms with Gasteiger partial charge in [-0.25, -0.2) is 0 Å². The summed E-state index contributed by atoms with van der Waals surface area (Å²) in [6.07, 6.45) is 4.79. The zero-order valence-electron chi connectivity index (χ0n) is 14.0. The SMILES string of the molecule is COc1ccc(NC(C)=O)cc1NC(=O)CN(C)C1CCCC1. The number of carbonyl (C=O) groups is 2. The molecule has 0 aliphatic heterocycles. The van der Waals surface area contributed by atoms with E-state index in [4.69, 9.17) is 4.74 Å².